The molecular weight excluding hydrogens is 224 g/mol. The van der Waals surface area contributed by atoms with Crippen molar-refractivity contribution in [3.05, 3.63) is 57.7 Å². The lowest BCUT2D eigenvalue weighted by atomic mass is 10.3. The van der Waals surface area contributed by atoms with E-state index in [0.29, 0.717) is 12.2 Å². The van der Waals surface area contributed by atoms with Crippen LogP contribution in [-0.4, -0.2) is 10.2 Å². The Morgan fingerprint density at radius 1 is 1.19 bits per heavy atom. The van der Waals surface area contributed by atoms with Gasteiger partial charge in [-0.3, -0.25) is 0 Å². The lowest BCUT2D eigenvalue weighted by molar-refractivity contribution is 0.0822. The summed E-state index contributed by atoms with van der Waals surface area (Å²) in [4.78, 5) is 1.87. The van der Waals surface area contributed by atoms with E-state index in [-0.39, 0.29) is 12.6 Å². The molecule has 0 bridgehead atoms. The lowest BCUT2D eigenvalue weighted by Crippen LogP contribution is -1.93. The van der Waals surface area contributed by atoms with E-state index in [1.807, 2.05) is 24.3 Å². The van der Waals surface area contributed by atoms with Crippen LogP contribution in [0.25, 0.3) is 0 Å². The SMILES string of the molecule is OCc1ccc(COC(O)=C2C=CC=C2)s1. The number of hydrogen-bond donors (Lipinski definition) is 2. The summed E-state index contributed by atoms with van der Waals surface area (Å²) in [6.45, 7) is 0.366. The molecule has 0 unspecified atom stereocenters. The van der Waals surface area contributed by atoms with E-state index in [1.54, 1.807) is 12.2 Å². The van der Waals surface area contributed by atoms with E-state index in [4.69, 9.17) is 9.84 Å². The molecule has 0 fully saturated rings. The van der Waals surface area contributed by atoms with Gasteiger partial charge < -0.3 is 14.9 Å². The number of thiophene rings is 1. The van der Waals surface area contributed by atoms with Crippen LogP contribution in [0.5, 0.6) is 0 Å². The number of allylic oxidation sites excluding steroid dienone is 5. The topological polar surface area (TPSA) is 49.7 Å². The van der Waals surface area contributed by atoms with Crippen molar-refractivity contribution in [1.82, 2.24) is 0 Å². The molecular formula is C12H12O3S. The second-order valence-electron chi connectivity index (χ2n) is 3.29. The van der Waals surface area contributed by atoms with Crippen molar-refractivity contribution in [3.63, 3.8) is 0 Å². The maximum absolute atomic E-state index is 9.58. The van der Waals surface area contributed by atoms with Gasteiger partial charge in [-0.05, 0) is 24.3 Å². The summed E-state index contributed by atoms with van der Waals surface area (Å²) in [6, 6.07) is 3.73. The summed E-state index contributed by atoms with van der Waals surface area (Å²) < 4.78 is 5.23. The van der Waals surface area contributed by atoms with E-state index < -0.39 is 0 Å². The van der Waals surface area contributed by atoms with Gasteiger partial charge in [0.05, 0.1) is 12.2 Å². The van der Waals surface area contributed by atoms with Crippen LogP contribution in [0.2, 0.25) is 0 Å². The van der Waals surface area contributed by atoms with Gasteiger partial charge in [0.2, 0.25) is 0 Å². The minimum absolute atomic E-state index is 0.0449. The van der Waals surface area contributed by atoms with E-state index in [2.05, 4.69) is 0 Å². The maximum Gasteiger partial charge on any atom is 0.284 e. The molecule has 1 aromatic heterocycles. The number of aliphatic hydroxyl groups is 2. The molecule has 0 aromatic carbocycles. The molecule has 0 saturated carbocycles. The third-order valence-electron chi connectivity index (χ3n) is 2.13. The summed E-state index contributed by atoms with van der Waals surface area (Å²) in [5.74, 6) is -0.0658. The Balaban J connectivity index is 1.94. The van der Waals surface area contributed by atoms with Crippen LogP contribution < -0.4 is 0 Å². The average molecular weight is 236 g/mol. The van der Waals surface area contributed by atoms with E-state index in [0.717, 1.165) is 9.75 Å². The van der Waals surface area contributed by atoms with Gasteiger partial charge in [-0.15, -0.1) is 11.3 Å². The number of rotatable bonds is 4. The Morgan fingerprint density at radius 3 is 2.50 bits per heavy atom. The second-order valence-corrected chi connectivity index (χ2v) is 4.55. The van der Waals surface area contributed by atoms with Crippen LogP contribution in [-0.2, 0) is 18.0 Å². The van der Waals surface area contributed by atoms with Gasteiger partial charge in [0.1, 0.15) is 6.61 Å². The first kappa shape index (κ1) is 11.0. The van der Waals surface area contributed by atoms with Crippen LogP contribution in [0.4, 0.5) is 0 Å². The zero-order valence-electron chi connectivity index (χ0n) is 8.59. The van der Waals surface area contributed by atoms with Gasteiger partial charge >= 0.3 is 0 Å². The Bertz CT molecular complexity index is 441. The number of aliphatic hydroxyl groups excluding tert-OH is 2. The highest BCUT2D eigenvalue weighted by atomic mass is 32.1. The second kappa shape index (κ2) is 5.01. The fourth-order valence-corrected chi connectivity index (χ4v) is 2.12. The molecule has 84 valence electrons. The predicted molar refractivity (Wildman–Crippen MR) is 63.0 cm³/mol. The van der Waals surface area contributed by atoms with Crippen LogP contribution in [0.1, 0.15) is 9.75 Å². The molecule has 1 aliphatic rings. The molecule has 1 aromatic rings. The van der Waals surface area contributed by atoms with Crippen LogP contribution in [0.3, 0.4) is 0 Å². The lowest BCUT2D eigenvalue weighted by Gasteiger charge is -2.04. The molecule has 0 saturated heterocycles. The molecule has 0 amide bonds. The van der Waals surface area contributed by atoms with Crippen LogP contribution >= 0.6 is 11.3 Å². The molecule has 1 heterocycles. The Hall–Kier alpha value is -1.52. The van der Waals surface area contributed by atoms with Gasteiger partial charge in [0, 0.05) is 9.75 Å². The monoisotopic (exact) mass is 236 g/mol. The molecule has 0 spiro atoms. The quantitative estimate of drug-likeness (QED) is 0.790. The van der Waals surface area contributed by atoms with Crippen molar-refractivity contribution < 1.29 is 14.9 Å². The van der Waals surface area contributed by atoms with Gasteiger partial charge in [0.25, 0.3) is 5.95 Å². The smallest absolute Gasteiger partial charge is 0.284 e. The van der Waals surface area contributed by atoms with Gasteiger partial charge in [-0.1, -0.05) is 12.2 Å². The Morgan fingerprint density at radius 2 is 1.88 bits per heavy atom. The molecule has 0 radical (unpaired) electrons. The summed E-state index contributed by atoms with van der Waals surface area (Å²) in [5, 5.41) is 18.5. The van der Waals surface area contributed by atoms with Gasteiger partial charge in [-0.2, -0.15) is 0 Å². The minimum Gasteiger partial charge on any atom is -0.481 e. The molecule has 0 atom stereocenters. The first-order valence-corrected chi connectivity index (χ1v) is 5.70. The highest BCUT2D eigenvalue weighted by Crippen LogP contribution is 2.19. The zero-order valence-corrected chi connectivity index (χ0v) is 9.41. The molecule has 16 heavy (non-hydrogen) atoms. The zero-order chi connectivity index (χ0) is 11.4. The van der Waals surface area contributed by atoms with Gasteiger partial charge in [-0.25, -0.2) is 0 Å². The number of ether oxygens (including phenoxy) is 1. The summed E-state index contributed by atoms with van der Waals surface area (Å²) in [5.41, 5.74) is 0.680. The first-order chi connectivity index (χ1) is 7.79. The number of hydrogen-bond acceptors (Lipinski definition) is 4. The van der Waals surface area contributed by atoms with Crippen molar-refractivity contribution in [2.45, 2.75) is 13.2 Å². The predicted octanol–water partition coefficient (Wildman–Crippen LogP) is 2.65. The van der Waals surface area contributed by atoms with Crippen molar-refractivity contribution in [3.8, 4) is 0 Å². The molecule has 3 nitrogen and oxygen atoms in total. The van der Waals surface area contributed by atoms with Crippen molar-refractivity contribution in [1.29, 1.82) is 0 Å². The summed E-state index contributed by atoms with van der Waals surface area (Å²) in [6.07, 6.45) is 7.24. The molecule has 2 N–H and O–H groups in total. The molecule has 1 aliphatic carbocycles. The largest absolute Gasteiger partial charge is 0.481 e. The molecule has 2 rings (SSSR count). The highest BCUT2D eigenvalue weighted by molar-refractivity contribution is 7.11. The fourth-order valence-electron chi connectivity index (χ4n) is 1.32. The van der Waals surface area contributed by atoms with Crippen molar-refractivity contribution in [2.75, 3.05) is 0 Å². The first-order valence-electron chi connectivity index (χ1n) is 4.89. The normalized spacial score (nSPS) is 13.4. The average Bonchev–Trinajstić information content (AvgIpc) is 2.96. The summed E-state index contributed by atoms with van der Waals surface area (Å²) >= 11 is 1.47. The van der Waals surface area contributed by atoms with E-state index in [1.165, 1.54) is 11.3 Å². The van der Waals surface area contributed by atoms with Crippen molar-refractivity contribution in [2.24, 2.45) is 0 Å². The van der Waals surface area contributed by atoms with Gasteiger partial charge in [0.15, 0.2) is 0 Å². The van der Waals surface area contributed by atoms with E-state index in [9.17, 15) is 5.11 Å². The summed E-state index contributed by atoms with van der Waals surface area (Å²) in [7, 11) is 0. The van der Waals surface area contributed by atoms with Crippen LogP contribution in [0, 0.1) is 0 Å². The van der Waals surface area contributed by atoms with Crippen molar-refractivity contribution >= 4 is 11.3 Å². The fraction of sp³-hybridized carbons (Fsp3) is 0.167. The third kappa shape index (κ3) is 2.53. The highest BCUT2D eigenvalue weighted by Gasteiger charge is 2.05. The molecule has 0 aliphatic heterocycles. The Kier molecular flexibility index (Phi) is 3.44. The van der Waals surface area contributed by atoms with E-state index >= 15 is 0 Å². The Labute approximate surface area is 97.6 Å². The molecule has 4 heteroatoms. The maximum atomic E-state index is 9.58. The minimum atomic E-state index is -0.0658. The third-order valence-corrected chi connectivity index (χ3v) is 3.18. The van der Waals surface area contributed by atoms with Crippen LogP contribution in [0.15, 0.2) is 48.0 Å². The standard InChI is InChI=1S/C12H12O3S/c13-7-10-5-6-11(16-10)8-15-12(14)9-3-1-2-4-9/h1-6,13-14H,7-8H2.